The molecule has 0 radical (unpaired) electrons. The van der Waals surface area contributed by atoms with E-state index in [1.165, 1.54) is 29.1 Å². The highest BCUT2D eigenvalue weighted by Gasteiger charge is 2.11. The van der Waals surface area contributed by atoms with E-state index in [1.54, 1.807) is 6.20 Å². The van der Waals surface area contributed by atoms with Crippen LogP contribution >= 0.6 is 23.2 Å². The van der Waals surface area contributed by atoms with Crippen molar-refractivity contribution in [3.8, 4) is 5.69 Å². The summed E-state index contributed by atoms with van der Waals surface area (Å²) in [4.78, 5) is 10.0. The third-order valence-electron chi connectivity index (χ3n) is 1.94. The van der Waals surface area contributed by atoms with Crippen molar-refractivity contribution in [3.05, 3.63) is 50.8 Å². The second kappa shape index (κ2) is 4.11. The molecule has 82 valence electrons. The lowest BCUT2D eigenvalue weighted by atomic mass is 10.3. The maximum absolute atomic E-state index is 10.5. The fourth-order valence-corrected chi connectivity index (χ4v) is 1.63. The fourth-order valence-electron chi connectivity index (χ4n) is 1.23. The smallest absolute Gasteiger partial charge is 0.258 e. The average Bonchev–Trinajstić information content (AvgIpc) is 2.64. The summed E-state index contributed by atoms with van der Waals surface area (Å²) in [7, 11) is 0. The summed E-state index contributed by atoms with van der Waals surface area (Å²) in [6.45, 7) is 0. The Kier molecular flexibility index (Phi) is 2.80. The van der Waals surface area contributed by atoms with Gasteiger partial charge in [-0.1, -0.05) is 23.2 Å². The van der Waals surface area contributed by atoms with Crippen molar-refractivity contribution in [2.75, 3.05) is 0 Å². The van der Waals surface area contributed by atoms with Gasteiger partial charge in [0.2, 0.25) is 0 Å². The number of aromatic nitrogens is 2. The molecule has 5 nitrogen and oxygen atoms in total. The maximum Gasteiger partial charge on any atom is 0.271 e. The quantitative estimate of drug-likeness (QED) is 0.614. The number of nitro groups is 1. The van der Waals surface area contributed by atoms with Crippen LogP contribution in [0.2, 0.25) is 10.0 Å². The monoisotopic (exact) mass is 257 g/mol. The van der Waals surface area contributed by atoms with Gasteiger partial charge in [0.1, 0.15) is 0 Å². The molecule has 0 aliphatic heterocycles. The summed E-state index contributed by atoms with van der Waals surface area (Å²) in [5, 5.41) is 15.2. The molecule has 0 aliphatic rings. The number of halogens is 2. The van der Waals surface area contributed by atoms with Gasteiger partial charge in [-0.2, -0.15) is 5.10 Å². The molecule has 1 aromatic heterocycles. The Labute approximate surface area is 100 Å². The first kappa shape index (κ1) is 10.9. The van der Waals surface area contributed by atoms with Gasteiger partial charge in [0.05, 0.1) is 26.9 Å². The van der Waals surface area contributed by atoms with Gasteiger partial charge < -0.3 is 0 Å². The van der Waals surface area contributed by atoms with Crippen LogP contribution in [0.3, 0.4) is 0 Å². The van der Waals surface area contributed by atoms with Crippen LogP contribution in [0.4, 0.5) is 5.69 Å². The Balaban J connectivity index is 2.47. The molecule has 0 amide bonds. The molecule has 0 aliphatic carbocycles. The van der Waals surface area contributed by atoms with E-state index in [9.17, 15) is 10.1 Å². The molecule has 2 rings (SSSR count). The molecule has 1 heterocycles. The van der Waals surface area contributed by atoms with E-state index in [4.69, 9.17) is 23.2 Å². The van der Waals surface area contributed by atoms with E-state index in [1.807, 2.05) is 0 Å². The summed E-state index contributed by atoms with van der Waals surface area (Å²) in [5.41, 5.74) is 0.478. The second-order valence-electron chi connectivity index (χ2n) is 3.00. The van der Waals surface area contributed by atoms with E-state index in [0.29, 0.717) is 10.7 Å². The van der Waals surface area contributed by atoms with Crippen molar-refractivity contribution in [2.24, 2.45) is 0 Å². The van der Waals surface area contributed by atoms with Crippen LogP contribution in [0.15, 0.2) is 30.6 Å². The van der Waals surface area contributed by atoms with Crippen LogP contribution in [-0.4, -0.2) is 14.7 Å². The van der Waals surface area contributed by atoms with Crippen molar-refractivity contribution < 1.29 is 4.92 Å². The van der Waals surface area contributed by atoms with Gasteiger partial charge >= 0.3 is 0 Å². The van der Waals surface area contributed by atoms with Crippen molar-refractivity contribution in [2.45, 2.75) is 0 Å². The van der Waals surface area contributed by atoms with Gasteiger partial charge in [-0.3, -0.25) is 10.1 Å². The SMILES string of the molecule is O=[N+]([O-])c1ccc(-n2cc(Cl)cn2)c(Cl)c1. The molecule has 0 unspecified atom stereocenters. The van der Waals surface area contributed by atoms with Gasteiger partial charge in [0.15, 0.2) is 0 Å². The Morgan fingerprint density at radius 2 is 2.12 bits per heavy atom. The highest BCUT2D eigenvalue weighted by Crippen LogP contribution is 2.25. The standard InChI is InChI=1S/C9H5Cl2N3O2/c10-6-4-12-13(5-6)9-2-1-7(14(15)16)3-8(9)11/h1-5H. The largest absolute Gasteiger partial charge is 0.271 e. The molecule has 16 heavy (non-hydrogen) atoms. The zero-order valence-corrected chi connectivity index (χ0v) is 9.31. The number of rotatable bonds is 2. The Hall–Kier alpha value is -1.59. The predicted molar refractivity (Wildman–Crippen MR) is 60.2 cm³/mol. The Bertz CT molecular complexity index is 553. The first-order chi connectivity index (χ1) is 7.58. The topological polar surface area (TPSA) is 61.0 Å². The van der Waals surface area contributed by atoms with Crippen LogP contribution in [0.1, 0.15) is 0 Å². The second-order valence-corrected chi connectivity index (χ2v) is 3.84. The van der Waals surface area contributed by atoms with Crippen LogP contribution in [-0.2, 0) is 0 Å². The van der Waals surface area contributed by atoms with E-state index in [-0.39, 0.29) is 10.7 Å². The van der Waals surface area contributed by atoms with E-state index >= 15 is 0 Å². The van der Waals surface area contributed by atoms with Gasteiger partial charge in [0.25, 0.3) is 5.69 Å². The first-order valence-corrected chi connectivity index (χ1v) is 4.98. The maximum atomic E-state index is 10.5. The summed E-state index contributed by atoms with van der Waals surface area (Å²) in [6, 6.07) is 4.15. The molecule has 1 aromatic carbocycles. The van der Waals surface area contributed by atoms with Crippen molar-refractivity contribution >= 4 is 28.9 Å². The zero-order valence-electron chi connectivity index (χ0n) is 7.80. The van der Waals surface area contributed by atoms with Crippen molar-refractivity contribution in [3.63, 3.8) is 0 Å². The van der Waals surface area contributed by atoms with Crippen molar-refractivity contribution in [1.82, 2.24) is 9.78 Å². The highest BCUT2D eigenvalue weighted by molar-refractivity contribution is 6.32. The van der Waals surface area contributed by atoms with Gasteiger partial charge in [-0.05, 0) is 6.07 Å². The highest BCUT2D eigenvalue weighted by atomic mass is 35.5. The lowest BCUT2D eigenvalue weighted by molar-refractivity contribution is -0.384. The number of benzene rings is 1. The molecule has 7 heteroatoms. The molecule has 0 saturated heterocycles. The zero-order chi connectivity index (χ0) is 11.7. The minimum Gasteiger partial charge on any atom is -0.258 e. The van der Waals surface area contributed by atoms with E-state index < -0.39 is 4.92 Å². The molecule has 0 spiro atoms. The molecular weight excluding hydrogens is 253 g/mol. The Morgan fingerprint density at radius 3 is 2.62 bits per heavy atom. The minimum absolute atomic E-state index is 0.0630. The molecular formula is C9H5Cl2N3O2. The van der Waals surface area contributed by atoms with Gasteiger partial charge in [0, 0.05) is 18.3 Å². The number of hydrogen-bond donors (Lipinski definition) is 0. The molecule has 0 fully saturated rings. The van der Waals surface area contributed by atoms with Crippen LogP contribution in [0.25, 0.3) is 5.69 Å². The molecule has 0 saturated carbocycles. The fraction of sp³-hybridized carbons (Fsp3) is 0. The lowest BCUT2D eigenvalue weighted by Gasteiger charge is -2.03. The summed E-state index contributed by atoms with van der Waals surface area (Å²) in [6.07, 6.45) is 3.02. The van der Waals surface area contributed by atoms with Crippen LogP contribution in [0, 0.1) is 10.1 Å². The van der Waals surface area contributed by atoms with Crippen molar-refractivity contribution in [1.29, 1.82) is 0 Å². The predicted octanol–water partition coefficient (Wildman–Crippen LogP) is 3.09. The van der Waals surface area contributed by atoms with E-state index in [2.05, 4.69) is 5.10 Å². The number of nitro benzene ring substituents is 1. The number of non-ortho nitro benzene ring substituents is 1. The van der Waals surface area contributed by atoms with Gasteiger partial charge in [-0.15, -0.1) is 0 Å². The van der Waals surface area contributed by atoms with Crippen LogP contribution < -0.4 is 0 Å². The molecule has 0 N–H and O–H groups in total. The Morgan fingerprint density at radius 1 is 1.38 bits per heavy atom. The third-order valence-corrected chi connectivity index (χ3v) is 2.44. The molecule has 0 bridgehead atoms. The average molecular weight is 258 g/mol. The first-order valence-electron chi connectivity index (χ1n) is 4.22. The van der Waals surface area contributed by atoms with Gasteiger partial charge in [-0.25, -0.2) is 4.68 Å². The summed E-state index contributed by atoms with van der Waals surface area (Å²) >= 11 is 11.6. The summed E-state index contributed by atoms with van der Waals surface area (Å²) < 4.78 is 1.45. The molecule has 0 atom stereocenters. The summed E-state index contributed by atoms with van der Waals surface area (Å²) in [5.74, 6) is 0. The third kappa shape index (κ3) is 2.00. The molecule has 2 aromatic rings. The lowest BCUT2D eigenvalue weighted by Crippen LogP contribution is -1.96. The number of nitrogens with zero attached hydrogens (tertiary/aromatic N) is 3. The van der Waals surface area contributed by atoms with E-state index in [0.717, 1.165) is 0 Å². The van der Waals surface area contributed by atoms with Crippen LogP contribution in [0.5, 0.6) is 0 Å². The minimum atomic E-state index is -0.508. The normalized spacial score (nSPS) is 10.4. The number of hydrogen-bond acceptors (Lipinski definition) is 3.